The van der Waals surface area contributed by atoms with E-state index in [9.17, 15) is 9.59 Å². The van der Waals surface area contributed by atoms with E-state index < -0.39 is 5.43 Å². The average molecular weight is 175 g/mol. The van der Waals surface area contributed by atoms with E-state index in [1.165, 1.54) is 0 Å². The van der Waals surface area contributed by atoms with Crippen molar-refractivity contribution in [2.24, 2.45) is 0 Å². The molecule has 0 heterocycles. The molecule has 0 bridgehead atoms. The predicted molar refractivity (Wildman–Crippen MR) is 33.8 cm³/mol. The molecule has 2 nitrogen and oxygen atoms in total. The van der Waals surface area contributed by atoms with Crippen LogP contribution < -0.4 is 10.9 Å². The summed E-state index contributed by atoms with van der Waals surface area (Å²) in [5.41, 5.74) is -0.227. The lowest BCUT2D eigenvalue weighted by molar-refractivity contribution is 1.23. The number of rotatable bonds is 0. The molecule has 0 N–H and O–H groups in total. The molecule has 1 aromatic rings. The maximum atomic E-state index is 10.3. The van der Waals surface area contributed by atoms with Crippen molar-refractivity contribution in [2.45, 2.75) is 6.92 Å². The van der Waals surface area contributed by atoms with Gasteiger partial charge in [-0.1, -0.05) is 0 Å². The smallest absolute Gasteiger partial charge is 0.240 e. The van der Waals surface area contributed by atoms with E-state index in [1.807, 2.05) is 0 Å². The number of halogens is 1. The Bertz CT molecular complexity index is 250. The normalized spacial score (nSPS) is 10.2. The second-order valence-corrected chi connectivity index (χ2v) is 2.39. The Morgan fingerprint density at radius 1 is 1.25 bits per heavy atom. The van der Waals surface area contributed by atoms with E-state index in [0.29, 0.717) is 10.0 Å². The standard InChI is InChI=1S/C5H3BrO2/c1-2-3(6)5(8)4(2)7/h1H3. The third-order valence-corrected chi connectivity index (χ3v) is 2.03. The summed E-state index contributed by atoms with van der Waals surface area (Å²) >= 11 is 2.94. The molecule has 0 amide bonds. The molecule has 1 rings (SSSR count). The van der Waals surface area contributed by atoms with Gasteiger partial charge in [0.25, 0.3) is 0 Å². The molecule has 0 unspecified atom stereocenters. The van der Waals surface area contributed by atoms with E-state index in [-0.39, 0.29) is 5.43 Å². The van der Waals surface area contributed by atoms with Crippen LogP contribution in [0.25, 0.3) is 0 Å². The summed E-state index contributed by atoms with van der Waals surface area (Å²) in [4.78, 5) is 20.7. The van der Waals surface area contributed by atoms with Crippen molar-refractivity contribution < 1.29 is 0 Å². The Balaban J connectivity index is 3.48. The Kier molecular flexibility index (Phi) is 1.08. The molecule has 0 aliphatic rings. The molecule has 0 spiro atoms. The van der Waals surface area contributed by atoms with Crippen LogP contribution in [0.5, 0.6) is 0 Å². The minimum Gasteiger partial charge on any atom is -0.285 e. The quantitative estimate of drug-likeness (QED) is 0.533. The third-order valence-electron chi connectivity index (χ3n) is 1.08. The van der Waals surface area contributed by atoms with Gasteiger partial charge in [0, 0.05) is 5.56 Å². The first-order valence-electron chi connectivity index (χ1n) is 2.10. The highest BCUT2D eigenvalue weighted by atomic mass is 79.9. The summed E-state index contributed by atoms with van der Waals surface area (Å²) in [5, 5.41) is 0. The van der Waals surface area contributed by atoms with Crippen molar-refractivity contribution in [2.75, 3.05) is 0 Å². The van der Waals surface area contributed by atoms with Crippen LogP contribution in [-0.2, 0) is 0 Å². The minimum atomic E-state index is -0.400. The van der Waals surface area contributed by atoms with Gasteiger partial charge in [-0.15, -0.1) is 0 Å². The fourth-order valence-electron chi connectivity index (χ4n) is 0.477. The van der Waals surface area contributed by atoms with Crippen LogP contribution in [0.2, 0.25) is 0 Å². The van der Waals surface area contributed by atoms with Gasteiger partial charge in [0.05, 0.1) is 4.47 Å². The van der Waals surface area contributed by atoms with Crippen LogP contribution in [0.3, 0.4) is 0 Å². The van der Waals surface area contributed by atoms with Crippen LogP contribution in [0.15, 0.2) is 14.1 Å². The molecule has 42 valence electrons. The third kappa shape index (κ3) is 0.478. The summed E-state index contributed by atoms with van der Waals surface area (Å²) in [5.74, 6) is 0. The Morgan fingerprint density at radius 2 is 1.75 bits per heavy atom. The highest BCUT2D eigenvalue weighted by molar-refractivity contribution is 9.10. The zero-order valence-electron chi connectivity index (χ0n) is 4.19. The van der Waals surface area contributed by atoms with Crippen molar-refractivity contribution in [3.05, 3.63) is 30.5 Å². The van der Waals surface area contributed by atoms with E-state index >= 15 is 0 Å². The summed E-state index contributed by atoms with van der Waals surface area (Å²) < 4.78 is 0.433. The summed E-state index contributed by atoms with van der Waals surface area (Å²) in [7, 11) is 0. The molecule has 0 saturated carbocycles. The van der Waals surface area contributed by atoms with E-state index in [0.717, 1.165) is 0 Å². The van der Waals surface area contributed by atoms with Crippen molar-refractivity contribution in [1.82, 2.24) is 0 Å². The van der Waals surface area contributed by atoms with Crippen LogP contribution in [0.1, 0.15) is 5.56 Å². The molecular formula is C5H3BrO2. The predicted octanol–water partition coefficient (Wildman–Crippen LogP) is 0.354. The van der Waals surface area contributed by atoms with Gasteiger partial charge in [0.15, 0.2) is 0 Å². The molecule has 8 heavy (non-hydrogen) atoms. The Hall–Kier alpha value is -0.440. The first kappa shape index (κ1) is 5.69. The maximum Gasteiger partial charge on any atom is 0.240 e. The highest BCUT2D eigenvalue weighted by Crippen LogP contribution is 2.05. The van der Waals surface area contributed by atoms with Gasteiger partial charge in [0.1, 0.15) is 0 Å². The van der Waals surface area contributed by atoms with Gasteiger partial charge in [-0.3, -0.25) is 9.59 Å². The minimum absolute atomic E-state index is 0.364. The van der Waals surface area contributed by atoms with Crippen LogP contribution in [-0.4, -0.2) is 0 Å². The first-order chi connectivity index (χ1) is 3.64. The van der Waals surface area contributed by atoms with Crippen LogP contribution >= 0.6 is 15.9 Å². The van der Waals surface area contributed by atoms with Gasteiger partial charge in [-0.2, -0.15) is 0 Å². The van der Waals surface area contributed by atoms with E-state index in [1.54, 1.807) is 6.92 Å². The largest absolute Gasteiger partial charge is 0.285 e. The lowest BCUT2D eigenvalue weighted by Gasteiger charge is -1.93. The summed E-state index contributed by atoms with van der Waals surface area (Å²) in [6, 6.07) is 0. The van der Waals surface area contributed by atoms with Gasteiger partial charge in [-0.25, -0.2) is 0 Å². The van der Waals surface area contributed by atoms with Gasteiger partial charge >= 0.3 is 0 Å². The zero-order chi connectivity index (χ0) is 6.31. The van der Waals surface area contributed by atoms with Gasteiger partial charge < -0.3 is 0 Å². The zero-order valence-corrected chi connectivity index (χ0v) is 5.78. The average Bonchev–Trinajstić information content (AvgIpc) is 1.83. The van der Waals surface area contributed by atoms with Crippen molar-refractivity contribution in [3.63, 3.8) is 0 Å². The molecule has 1 aromatic carbocycles. The second-order valence-electron chi connectivity index (χ2n) is 1.60. The first-order valence-corrected chi connectivity index (χ1v) is 2.89. The second kappa shape index (κ2) is 1.52. The molecule has 0 fully saturated rings. The van der Waals surface area contributed by atoms with Crippen LogP contribution in [0.4, 0.5) is 0 Å². The van der Waals surface area contributed by atoms with Crippen molar-refractivity contribution in [1.29, 1.82) is 0 Å². The lowest BCUT2D eigenvalue weighted by atomic mass is 10.2. The Morgan fingerprint density at radius 3 is 1.88 bits per heavy atom. The fraction of sp³-hybridized carbons (Fsp3) is 0.200. The highest BCUT2D eigenvalue weighted by Gasteiger charge is 2.12. The van der Waals surface area contributed by atoms with Gasteiger partial charge in [0.2, 0.25) is 10.9 Å². The van der Waals surface area contributed by atoms with Gasteiger partial charge in [-0.05, 0) is 22.9 Å². The molecule has 0 aromatic heterocycles. The lowest BCUT2D eigenvalue weighted by Crippen LogP contribution is -2.34. The Labute approximate surface area is 54.0 Å². The van der Waals surface area contributed by atoms with Crippen molar-refractivity contribution in [3.8, 4) is 0 Å². The number of hydrogen-bond acceptors (Lipinski definition) is 2. The molecule has 3 heteroatoms. The maximum absolute atomic E-state index is 10.3. The van der Waals surface area contributed by atoms with Crippen molar-refractivity contribution >= 4 is 15.9 Å². The monoisotopic (exact) mass is 174 g/mol. The topological polar surface area (TPSA) is 34.1 Å². The molecule has 0 radical (unpaired) electrons. The van der Waals surface area contributed by atoms with E-state index in [4.69, 9.17) is 0 Å². The van der Waals surface area contributed by atoms with E-state index in [2.05, 4.69) is 15.9 Å². The molecular weight excluding hydrogens is 172 g/mol. The fourth-order valence-corrected chi connectivity index (χ4v) is 0.838. The molecule has 0 aliphatic carbocycles. The molecule has 0 saturated heterocycles. The summed E-state index contributed by atoms with van der Waals surface area (Å²) in [6.45, 7) is 1.62. The molecule has 0 atom stereocenters. The van der Waals surface area contributed by atoms with Crippen LogP contribution in [0, 0.1) is 6.92 Å². The SMILES string of the molecule is Cc1c(Br)c(=O)c1=O. The number of hydrogen-bond donors (Lipinski definition) is 0. The molecule has 0 aliphatic heterocycles. The summed E-state index contributed by atoms with van der Waals surface area (Å²) in [6.07, 6.45) is 0.